The summed E-state index contributed by atoms with van der Waals surface area (Å²) in [5.41, 5.74) is 0.404. The molecule has 14 heavy (non-hydrogen) atoms. The fourth-order valence-corrected chi connectivity index (χ4v) is 1.00. The van der Waals surface area contributed by atoms with Crippen LogP contribution in [0.15, 0.2) is 35.4 Å². The number of allylic oxidation sites excluding steroid dienone is 3. The Morgan fingerprint density at radius 1 is 1.64 bits per heavy atom. The first-order valence-corrected chi connectivity index (χ1v) is 3.74. The normalized spacial score (nSPS) is 17.6. The van der Waals surface area contributed by atoms with Gasteiger partial charge in [0, 0.05) is 6.92 Å². The summed E-state index contributed by atoms with van der Waals surface area (Å²) in [5.74, 6) is -0.535. The molecule has 0 aliphatic heterocycles. The molecule has 6 nitrogen and oxygen atoms in total. The van der Waals surface area contributed by atoms with E-state index in [1.165, 1.54) is 19.1 Å². The number of aliphatic hydroxyl groups excluding tert-OH is 1. The number of aliphatic hydroxyl groups is 1. The van der Waals surface area contributed by atoms with Crippen LogP contribution in [0, 0.1) is 10.1 Å². The van der Waals surface area contributed by atoms with Crippen molar-refractivity contribution in [1.29, 1.82) is 0 Å². The molecule has 0 saturated carbocycles. The molecule has 0 aromatic rings. The molecule has 1 amide bonds. The minimum Gasteiger partial charge on any atom is -0.506 e. The van der Waals surface area contributed by atoms with E-state index < -0.39 is 4.92 Å². The minimum absolute atomic E-state index is 0.172. The minimum atomic E-state index is -0.633. The summed E-state index contributed by atoms with van der Waals surface area (Å²) in [6.07, 6.45) is 3.26. The molecular weight excluding hydrogens is 188 g/mol. The highest BCUT2D eigenvalue weighted by Crippen LogP contribution is 2.18. The molecule has 0 bridgehead atoms. The smallest absolute Gasteiger partial charge is 0.241 e. The summed E-state index contributed by atoms with van der Waals surface area (Å²) in [4.78, 5) is 20.1. The first kappa shape index (κ1) is 9.97. The van der Waals surface area contributed by atoms with E-state index in [9.17, 15) is 20.0 Å². The first-order valence-electron chi connectivity index (χ1n) is 3.74. The van der Waals surface area contributed by atoms with Gasteiger partial charge in [-0.15, -0.1) is 0 Å². The Balaban J connectivity index is 2.87. The van der Waals surface area contributed by atoms with Crippen LogP contribution < -0.4 is 5.32 Å². The second-order valence-corrected chi connectivity index (χ2v) is 2.68. The molecule has 0 saturated heterocycles. The van der Waals surface area contributed by atoms with E-state index in [0.29, 0.717) is 0 Å². The molecule has 6 heteroatoms. The Hall–Kier alpha value is -2.11. The van der Waals surface area contributed by atoms with Gasteiger partial charge in [-0.1, -0.05) is 0 Å². The molecule has 0 radical (unpaired) electrons. The van der Waals surface area contributed by atoms with E-state index >= 15 is 0 Å². The third kappa shape index (κ3) is 2.44. The molecule has 0 heterocycles. The fourth-order valence-electron chi connectivity index (χ4n) is 1.00. The molecule has 2 N–H and O–H groups in total. The van der Waals surface area contributed by atoms with Gasteiger partial charge in [0.1, 0.15) is 5.76 Å². The Bertz CT molecular complexity index is 379. The zero-order valence-corrected chi connectivity index (χ0v) is 7.35. The van der Waals surface area contributed by atoms with Crippen molar-refractivity contribution in [2.45, 2.75) is 6.92 Å². The summed E-state index contributed by atoms with van der Waals surface area (Å²) >= 11 is 0. The second-order valence-electron chi connectivity index (χ2n) is 2.68. The molecule has 0 aromatic carbocycles. The molecule has 1 rings (SSSR count). The third-order valence-electron chi connectivity index (χ3n) is 1.46. The number of hydrogen-bond acceptors (Lipinski definition) is 4. The van der Waals surface area contributed by atoms with Crippen molar-refractivity contribution in [1.82, 2.24) is 5.32 Å². The van der Waals surface area contributed by atoms with E-state index in [4.69, 9.17) is 0 Å². The molecular formula is C8H8N2O4. The Kier molecular flexibility index (Phi) is 2.66. The van der Waals surface area contributed by atoms with Crippen LogP contribution in [0.5, 0.6) is 0 Å². The van der Waals surface area contributed by atoms with Crippen LogP contribution in [0.4, 0.5) is 0 Å². The zero-order chi connectivity index (χ0) is 10.7. The van der Waals surface area contributed by atoms with E-state index in [1.54, 1.807) is 0 Å². The van der Waals surface area contributed by atoms with Gasteiger partial charge in [0.25, 0.3) is 0 Å². The van der Waals surface area contributed by atoms with Crippen molar-refractivity contribution in [2.75, 3.05) is 0 Å². The SMILES string of the molecule is CC(=O)NC1=C/C(=C\[N+](=O)[O-])C=C1O. The van der Waals surface area contributed by atoms with Gasteiger partial charge < -0.3 is 10.4 Å². The van der Waals surface area contributed by atoms with Crippen LogP contribution in [0.25, 0.3) is 0 Å². The standard InChI is InChI=1S/C8H8N2O4/c1-5(11)9-7-2-6(3-8(7)12)4-10(13)14/h2-4,12H,1H3,(H,9,11)/b6-4+. The van der Waals surface area contributed by atoms with Gasteiger partial charge in [0.15, 0.2) is 0 Å². The van der Waals surface area contributed by atoms with Crippen LogP contribution in [-0.4, -0.2) is 15.9 Å². The maximum Gasteiger partial charge on any atom is 0.241 e. The molecule has 0 atom stereocenters. The summed E-state index contributed by atoms with van der Waals surface area (Å²) in [7, 11) is 0. The predicted molar refractivity (Wildman–Crippen MR) is 47.7 cm³/mol. The van der Waals surface area contributed by atoms with E-state index in [1.807, 2.05) is 0 Å². The Labute approximate surface area is 79.4 Å². The summed E-state index contributed by atoms with van der Waals surface area (Å²) < 4.78 is 0. The Morgan fingerprint density at radius 2 is 2.29 bits per heavy atom. The van der Waals surface area contributed by atoms with Gasteiger partial charge in [0.05, 0.1) is 16.2 Å². The first-order chi connectivity index (χ1) is 6.49. The van der Waals surface area contributed by atoms with Crippen molar-refractivity contribution >= 4 is 5.91 Å². The van der Waals surface area contributed by atoms with E-state index in [-0.39, 0.29) is 22.9 Å². The van der Waals surface area contributed by atoms with E-state index in [2.05, 4.69) is 5.32 Å². The number of amides is 1. The number of carbonyl (C=O) groups is 1. The number of nitrogens with one attached hydrogen (secondary N) is 1. The van der Waals surface area contributed by atoms with Crippen LogP contribution in [-0.2, 0) is 4.79 Å². The lowest BCUT2D eigenvalue weighted by atomic mass is 10.3. The maximum atomic E-state index is 10.6. The maximum absolute atomic E-state index is 10.6. The lowest BCUT2D eigenvalue weighted by Gasteiger charge is -2.00. The van der Waals surface area contributed by atoms with Gasteiger partial charge >= 0.3 is 0 Å². The molecule has 1 aliphatic rings. The third-order valence-corrected chi connectivity index (χ3v) is 1.46. The zero-order valence-electron chi connectivity index (χ0n) is 7.35. The highest BCUT2D eigenvalue weighted by Gasteiger charge is 2.14. The second kappa shape index (κ2) is 3.73. The summed E-state index contributed by atoms with van der Waals surface area (Å²) in [6.45, 7) is 1.28. The molecule has 74 valence electrons. The predicted octanol–water partition coefficient (Wildman–Crippen LogP) is 0.623. The molecule has 1 aliphatic carbocycles. The summed E-state index contributed by atoms with van der Waals surface area (Å²) in [6, 6.07) is 0. The lowest BCUT2D eigenvalue weighted by Crippen LogP contribution is -2.19. The van der Waals surface area contributed by atoms with Gasteiger partial charge in [-0.05, 0) is 12.2 Å². The molecule has 0 aromatic heterocycles. The average molecular weight is 196 g/mol. The topological polar surface area (TPSA) is 92.5 Å². The fraction of sp³-hybridized carbons (Fsp3) is 0.125. The quantitative estimate of drug-likeness (QED) is 0.500. The van der Waals surface area contributed by atoms with Crippen molar-refractivity contribution in [3.8, 4) is 0 Å². The van der Waals surface area contributed by atoms with Gasteiger partial charge in [-0.25, -0.2) is 0 Å². The van der Waals surface area contributed by atoms with Crippen molar-refractivity contribution < 1.29 is 14.8 Å². The molecule has 0 fully saturated rings. The van der Waals surface area contributed by atoms with Crippen LogP contribution in [0.3, 0.4) is 0 Å². The summed E-state index contributed by atoms with van der Waals surface area (Å²) in [5, 5.41) is 21.7. The van der Waals surface area contributed by atoms with Crippen LogP contribution in [0.1, 0.15) is 6.92 Å². The Morgan fingerprint density at radius 3 is 2.79 bits per heavy atom. The highest BCUT2D eigenvalue weighted by molar-refractivity contribution is 5.76. The lowest BCUT2D eigenvalue weighted by molar-refractivity contribution is -0.403. The van der Waals surface area contributed by atoms with Crippen LogP contribution in [0.2, 0.25) is 0 Å². The molecule has 0 unspecified atom stereocenters. The van der Waals surface area contributed by atoms with Crippen LogP contribution >= 0.6 is 0 Å². The van der Waals surface area contributed by atoms with Crippen molar-refractivity contribution in [2.24, 2.45) is 0 Å². The van der Waals surface area contributed by atoms with Gasteiger partial charge in [-0.3, -0.25) is 14.9 Å². The number of rotatable bonds is 2. The monoisotopic (exact) mass is 196 g/mol. The number of nitro groups is 1. The largest absolute Gasteiger partial charge is 0.506 e. The average Bonchev–Trinajstić information content (AvgIpc) is 2.28. The molecule has 0 spiro atoms. The number of carbonyl (C=O) groups excluding carboxylic acids is 1. The van der Waals surface area contributed by atoms with Gasteiger partial charge in [-0.2, -0.15) is 0 Å². The highest BCUT2D eigenvalue weighted by atomic mass is 16.6. The van der Waals surface area contributed by atoms with Gasteiger partial charge in [0.2, 0.25) is 12.1 Å². The van der Waals surface area contributed by atoms with Crippen molar-refractivity contribution in [3.63, 3.8) is 0 Å². The van der Waals surface area contributed by atoms with E-state index in [0.717, 1.165) is 6.20 Å². The van der Waals surface area contributed by atoms with Crippen molar-refractivity contribution in [3.05, 3.63) is 45.5 Å². The number of nitrogens with zero attached hydrogens (tertiary/aromatic N) is 1. The number of hydrogen-bond donors (Lipinski definition) is 2.